The quantitative estimate of drug-likeness (QED) is 0.395. The lowest BCUT2D eigenvalue weighted by Gasteiger charge is -2.00. The maximum Gasteiger partial charge on any atom is 0.0739 e. The summed E-state index contributed by atoms with van der Waals surface area (Å²) >= 11 is 0. The van der Waals surface area contributed by atoms with Gasteiger partial charge in [0.15, 0.2) is 0 Å². The maximum absolute atomic E-state index is 5.15. The first-order chi connectivity index (χ1) is 3.27. The van der Waals surface area contributed by atoms with Gasteiger partial charge in [0, 0.05) is 12.4 Å². The molecule has 0 fully saturated rings. The molecule has 0 aliphatic heterocycles. The Bertz CT molecular complexity index is 58.0. The molecule has 7 heavy (non-hydrogen) atoms. The lowest BCUT2D eigenvalue weighted by Crippen LogP contribution is -2.30. The molecule has 0 aromatic heterocycles. The van der Waals surface area contributed by atoms with Gasteiger partial charge < -0.3 is 16.8 Å². The molecule has 0 amide bonds. The molecule has 0 aromatic rings. The number of hydrogen-bond acceptors (Lipinski definition) is 3. The van der Waals surface area contributed by atoms with Crippen LogP contribution in [0.1, 0.15) is 0 Å². The summed E-state index contributed by atoms with van der Waals surface area (Å²) in [6.45, 7) is 3.44. The topological polar surface area (TPSA) is 64.1 Å². The normalized spacial score (nSPS) is 14.6. The van der Waals surface area contributed by atoms with E-state index in [9.17, 15) is 0 Å². The van der Waals surface area contributed by atoms with E-state index in [1.807, 2.05) is 0 Å². The molecule has 0 aliphatic carbocycles. The van der Waals surface area contributed by atoms with E-state index in [1.54, 1.807) is 0 Å². The third-order valence-electron chi connectivity index (χ3n) is 0.407. The molecule has 3 heteroatoms. The highest BCUT2D eigenvalue weighted by Crippen LogP contribution is 1.61. The Balaban J connectivity index is 2.97. The molecule has 0 spiro atoms. The summed E-state index contributed by atoms with van der Waals surface area (Å²) in [5.41, 5.74) is 10.1. The number of rotatable bonds is 2. The lowest BCUT2D eigenvalue weighted by molar-refractivity contribution is 0.730. The van der Waals surface area contributed by atoms with E-state index in [-0.39, 0.29) is 6.17 Å². The average Bonchev–Trinajstić information content (AvgIpc) is 1.61. The maximum atomic E-state index is 5.15. The highest BCUT2D eigenvalue weighted by molar-refractivity contribution is 4.76. The smallest absolute Gasteiger partial charge is 0.0739 e. The van der Waals surface area contributed by atoms with Crippen molar-refractivity contribution in [3.05, 3.63) is 19.3 Å². The minimum atomic E-state index is -0.264. The summed E-state index contributed by atoms with van der Waals surface area (Å²) in [6.07, 6.45) is 2.64. The van der Waals surface area contributed by atoms with Crippen LogP contribution in [0.5, 0.6) is 0 Å². The molecule has 0 rings (SSSR count). The van der Waals surface area contributed by atoms with E-state index in [2.05, 4.69) is 12.2 Å². The summed E-state index contributed by atoms with van der Waals surface area (Å²) in [7, 11) is 0. The van der Waals surface area contributed by atoms with Crippen LogP contribution >= 0.6 is 0 Å². The highest BCUT2D eigenvalue weighted by atomic mass is 15.0. The van der Waals surface area contributed by atoms with Crippen LogP contribution in [0.3, 0.4) is 0 Å². The first kappa shape index (κ1) is 6.30. The van der Waals surface area contributed by atoms with Gasteiger partial charge in [-0.3, -0.25) is 0 Å². The summed E-state index contributed by atoms with van der Waals surface area (Å²) in [4.78, 5) is 0. The lowest BCUT2D eigenvalue weighted by atomic mass is 10.6. The minimum absolute atomic E-state index is 0.264. The van der Waals surface area contributed by atoms with E-state index in [0.29, 0.717) is 0 Å². The Hall–Kier alpha value is -0.700. The third kappa shape index (κ3) is 5.30. The number of nitrogens with one attached hydrogen (secondary N) is 1. The minimum Gasteiger partial charge on any atom is -0.403 e. The summed E-state index contributed by atoms with van der Waals surface area (Å²) in [5, 5.41) is 2.66. The second kappa shape index (κ2) is 3.49. The molecular weight excluding hydrogens is 90.1 g/mol. The van der Waals surface area contributed by atoms with E-state index < -0.39 is 0 Å². The molecule has 3 nitrogen and oxygen atoms in total. The number of nitrogens with two attached hydrogens (primary N) is 2. The molecule has 0 aliphatic rings. The van der Waals surface area contributed by atoms with Gasteiger partial charge in [-0.05, 0) is 6.92 Å². The Morgan fingerprint density at radius 3 is 2.43 bits per heavy atom. The van der Waals surface area contributed by atoms with Gasteiger partial charge in [-0.25, -0.2) is 0 Å². The van der Waals surface area contributed by atoms with Gasteiger partial charge in [0.25, 0.3) is 0 Å². The van der Waals surface area contributed by atoms with Crippen LogP contribution in [-0.4, -0.2) is 6.17 Å². The Kier molecular flexibility index (Phi) is 3.14. The second-order valence-electron chi connectivity index (χ2n) is 1.13. The van der Waals surface area contributed by atoms with Gasteiger partial charge in [-0.15, -0.1) is 0 Å². The molecule has 1 unspecified atom stereocenters. The van der Waals surface area contributed by atoms with E-state index >= 15 is 0 Å². The Morgan fingerprint density at radius 2 is 2.29 bits per heavy atom. The zero-order chi connectivity index (χ0) is 5.70. The van der Waals surface area contributed by atoms with Crippen LogP contribution < -0.4 is 16.8 Å². The monoisotopic (exact) mass is 100 g/mol. The summed E-state index contributed by atoms with van der Waals surface area (Å²) < 4.78 is 0. The van der Waals surface area contributed by atoms with Gasteiger partial charge >= 0.3 is 0 Å². The SMILES string of the molecule is [CH2]C(N)NC=CN. The molecule has 0 saturated heterocycles. The Labute approximate surface area is 43.4 Å². The van der Waals surface area contributed by atoms with Crippen LogP contribution in [0.2, 0.25) is 0 Å². The number of hydrogen-bond donors (Lipinski definition) is 3. The Morgan fingerprint density at radius 1 is 1.71 bits per heavy atom. The molecule has 1 atom stereocenters. The van der Waals surface area contributed by atoms with Crippen molar-refractivity contribution >= 4 is 0 Å². The van der Waals surface area contributed by atoms with Crippen molar-refractivity contribution in [3.63, 3.8) is 0 Å². The van der Waals surface area contributed by atoms with Gasteiger partial charge in [0.05, 0.1) is 6.17 Å². The van der Waals surface area contributed by atoms with Gasteiger partial charge in [-0.1, -0.05) is 0 Å². The zero-order valence-corrected chi connectivity index (χ0v) is 4.09. The van der Waals surface area contributed by atoms with Crippen molar-refractivity contribution in [2.24, 2.45) is 11.5 Å². The van der Waals surface area contributed by atoms with Gasteiger partial charge in [0.2, 0.25) is 0 Å². The predicted octanol–water partition coefficient (Wildman–Crippen LogP) is -0.875. The van der Waals surface area contributed by atoms with Crippen molar-refractivity contribution in [1.29, 1.82) is 0 Å². The van der Waals surface area contributed by atoms with Crippen molar-refractivity contribution in [3.8, 4) is 0 Å². The van der Waals surface area contributed by atoms with E-state index in [4.69, 9.17) is 11.5 Å². The van der Waals surface area contributed by atoms with Gasteiger partial charge in [0.1, 0.15) is 0 Å². The first-order valence-electron chi connectivity index (χ1n) is 1.99. The van der Waals surface area contributed by atoms with Crippen molar-refractivity contribution in [2.45, 2.75) is 6.17 Å². The van der Waals surface area contributed by atoms with Crippen LogP contribution in [0.4, 0.5) is 0 Å². The molecule has 0 heterocycles. The van der Waals surface area contributed by atoms with Gasteiger partial charge in [-0.2, -0.15) is 0 Å². The second-order valence-corrected chi connectivity index (χ2v) is 1.13. The molecular formula is C4H10N3. The third-order valence-corrected chi connectivity index (χ3v) is 0.407. The predicted molar refractivity (Wildman–Crippen MR) is 29.8 cm³/mol. The molecule has 0 saturated carbocycles. The largest absolute Gasteiger partial charge is 0.403 e. The molecule has 5 N–H and O–H groups in total. The average molecular weight is 100 g/mol. The molecule has 41 valence electrons. The van der Waals surface area contributed by atoms with Crippen LogP contribution in [0, 0.1) is 6.92 Å². The van der Waals surface area contributed by atoms with E-state index in [0.717, 1.165) is 0 Å². The summed E-state index contributed by atoms with van der Waals surface area (Å²) in [6, 6.07) is 0. The fraction of sp³-hybridized carbons (Fsp3) is 0.250. The highest BCUT2D eigenvalue weighted by Gasteiger charge is 1.79. The van der Waals surface area contributed by atoms with Crippen molar-refractivity contribution in [2.75, 3.05) is 0 Å². The van der Waals surface area contributed by atoms with E-state index in [1.165, 1.54) is 12.4 Å². The van der Waals surface area contributed by atoms with Crippen LogP contribution in [0.15, 0.2) is 12.4 Å². The van der Waals surface area contributed by atoms with Crippen LogP contribution in [-0.2, 0) is 0 Å². The summed E-state index contributed by atoms with van der Waals surface area (Å²) in [5.74, 6) is 0. The molecule has 0 bridgehead atoms. The standard InChI is InChI=1S/C4H10N3/c1-4(6)7-3-2-5/h2-4,7H,1,5-6H2. The van der Waals surface area contributed by atoms with Crippen LogP contribution in [0.25, 0.3) is 0 Å². The van der Waals surface area contributed by atoms with Crippen molar-refractivity contribution < 1.29 is 0 Å². The first-order valence-corrected chi connectivity index (χ1v) is 1.99. The van der Waals surface area contributed by atoms with Crippen molar-refractivity contribution in [1.82, 2.24) is 5.32 Å². The fourth-order valence-corrected chi connectivity index (χ4v) is 0.179. The molecule has 0 aromatic carbocycles. The molecule has 1 radical (unpaired) electrons. The fourth-order valence-electron chi connectivity index (χ4n) is 0.179. The zero-order valence-electron chi connectivity index (χ0n) is 4.09.